The highest BCUT2D eigenvalue weighted by Gasteiger charge is 2.24. The predicted octanol–water partition coefficient (Wildman–Crippen LogP) is 10.4. The van der Waals surface area contributed by atoms with Crippen molar-refractivity contribution in [1.29, 1.82) is 5.26 Å². The van der Waals surface area contributed by atoms with E-state index >= 15 is 0 Å². The summed E-state index contributed by atoms with van der Waals surface area (Å²) in [6, 6.07) is 37.8. The van der Waals surface area contributed by atoms with E-state index < -0.39 is 0 Å². The molecule has 0 N–H and O–H groups in total. The number of furan rings is 1. The van der Waals surface area contributed by atoms with Gasteiger partial charge < -0.3 is 4.42 Å². The molecule has 0 atom stereocenters. The lowest BCUT2D eigenvalue weighted by atomic mass is 9.88. The van der Waals surface area contributed by atoms with E-state index in [0.717, 1.165) is 44.4 Å². The first-order chi connectivity index (χ1) is 20.4. The van der Waals surface area contributed by atoms with Gasteiger partial charge in [-0.25, -0.2) is 4.98 Å². The number of para-hydroxylation sites is 2. The molecular weight excluding hydrogens is 514 g/mol. The monoisotopic (exact) mass is 545 g/mol. The Bertz CT molecular complexity index is 2130. The van der Waals surface area contributed by atoms with Crippen molar-refractivity contribution < 1.29 is 4.42 Å². The van der Waals surface area contributed by atoms with Gasteiger partial charge in [0, 0.05) is 16.3 Å². The van der Waals surface area contributed by atoms with E-state index in [1.54, 1.807) is 6.07 Å². The van der Waals surface area contributed by atoms with Crippen LogP contribution in [0.3, 0.4) is 0 Å². The molecule has 5 aromatic carbocycles. The standard InChI is InChI=1S/C38H31N3O/c1-23(2)29-20-28(26-10-6-5-7-11-26)21-30(24(3)4)37(29)41-34-13-9-8-12-33(34)40-38(41)27-15-17-36-32(19-27)31-18-25(22-39)14-16-35(31)42-36/h5-21,23-24H,1-4H3. The van der Waals surface area contributed by atoms with Crippen molar-refractivity contribution in [2.75, 3.05) is 0 Å². The largest absolute Gasteiger partial charge is 0.456 e. The molecule has 42 heavy (non-hydrogen) atoms. The first kappa shape index (κ1) is 25.8. The summed E-state index contributed by atoms with van der Waals surface area (Å²) in [5, 5.41) is 11.4. The maximum Gasteiger partial charge on any atom is 0.145 e. The van der Waals surface area contributed by atoms with E-state index in [2.05, 4.69) is 111 Å². The van der Waals surface area contributed by atoms with E-state index in [9.17, 15) is 5.26 Å². The van der Waals surface area contributed by atoms with E-state index in [0.29, 0.717) is 17.4 Å². The van der Waals surface area contributed by atoms with Crippen molar-refractivity contribution >= 4 is 33.0 Å². The van der Waals surface area contributed by atoms with Crippen LogP contribution in [0, 0.1) is 11.3 Å². The summed E-state index contributed by atoms with van der Waals surface area (Å²) in [5.41, 5.74) is 11.4. The second-order valence-electron chi connectivity index (χ2n) is 11.6. The molecule has 0 fully saturated rings. The van der Waals surface area contributed by atoms with Crippen LogP contribution >= 0.6 is 0 Å². The van der Waals surface area contributed by atoms with Crippen LogP contribution in [0.1, 0.15) is 56.2 Å². The molecule has 4 nitrogen and oxygen atoms in total. The summed E-state index contributed by atoms with van der Waals surface area (Å²) in [4.78, 5) is 5.23. The van der Waals surface area contributed by atoms with Gasteiger partial charge in [0.2, 0.25) is 0 Å². The third-order valence-electron chi connectivity index (χ3n) is 8.16. The number of nitriles is 1. The zero-order valence-electron chi connectivity index (χ0n) is 24.2. The van der Waals surface area contributed by atoms with E-state index in [1.807, 2.05) is 24.3 Å². The fourth-order valence-electron chi connectivity index (χ4n) is 6.05. The maximum absolute atomic E-state index is 9.52. The first-order valence-electron chi connectivity index (χ1n) is 14.5. The summed E-state index contributed by atoms with van der Waals surface area (Å²) >= 11 is 0. The quantitative estimate of drug-likeness (QED) is 0.216. The Kier molecular flexibility index (Phi) is 6.17. The van der Waals surface area contributed by atoms with Crippen molar-refractivity contribution in [3.63, 3.8) is 0 Å². The van der Waals surface area contributed by atoms with E-state index in [4.69, 9.17) is 9.40 Å². The highest BCUT2D eigenvalue weighted by molar-refractivity contribution is 6.06. The fraction of sp³-hybridized carbons (Fsp3) is 0.158. The second-order valence-corrected chi connectivity index (χ2v) is 11.6. The fourth-order valence-corrected chi connectivity index (χ4v) is 6.05. The topological polar surface area (TPSA) is 54.8 Å². The number of benzene rings is 5. The van der Waals surface area contributed by atoms with Crippen LogP contribution in [0.5, 0.6) is 0 Å². The molecule has 0 unspecified atom stereocenters. The summed E-state index contributed by atoms with van der Waals surface area (Å²) in [7, 11) is 0. The number of hydrogen-bond donors (Lipinski definition) is 0. The van der Waals surface area contributed by atoms with Crippen LogP contribution in [0.15, 0.2) is 108 Å². The number of aromatic nitrogens is 2. The number of nitrogens with zero attached hydrogens (tertiary/aromatic N) is 3. The van der Waals surface area contributed by atoms with Crippen molar-refractivity contribution in [2.24, 2.45) is 0 Å². The Hall–Kier alpha value is -5.14. The minimum absolute atomic E-state index is 0.292. The van der Waals surface area contributed by atoms with Crippen molar-refractivity contribution in [1.82, 2.24) is 9.55 Å². The molecule has 0 aliphatic rings. The SMILES string of the molecule is CC(C)c1cc(-c2ccccc2)cc(C(C)C)c1-n1c(-c2ccc3oc4ccc(C#N)cc4c3c2)nc2ccccc21. The summed E-state index contributed by atoms with van der Waals surface area (Å²) < 4.78 is 8.50. The molecular formula is C38H31N3O. The van der Waals surface area contributed by atoms with Crippen LogP contribution in [0.25, 0.3) is 61.2 Å². The molecule has 0 amide bonds. The van der Waals surface area contributed by atoms with Gasteiger partial charge in [0.25, 0.3) is 0 Å². The average molecular weight is 546 g/mol. The number of imidazole rings is 1. The van der Waals surface area contributed by atoms with Gasteiger partial charge in [-0.3, -0.25) is 4.57 Å². The highest BCUT2D eigenvalue weighted by Crippen LogP contribution is 2.41. The van der Waals surface area contributed by atoms with Gasteiger partial charge in [0.1, 0.15) is 17.0 Å². The lowest BCUT2D eigenvalue weighted by Crippen LogP contribution is -2.09. The Morgan fingerprint density at radius 2 is 1.31 bits per heavy atom. The zero-order valence-corrected chi connectivity index (χ0v) is 24.2. The molecule has 4 heteroatoms. The molecule has 204 valence electrons. The molecule has 0 aliphatic heterocycles. The molecule has 0 radical (unpaired) electrons. The summed E-state index contributed by atoms with van der Waals surface area (Å²) in [6.45, 7) is 9.08. The molecule has 0 saturated heterocycles. The van der Waals surface area contributed by atoms with Gasteiger partial charge in [-0.05, 0) is 94.8 Å². The Balaban J connectivity index is 1.54. The number of rotatable bonds is 5. The second kappa shape index (κ2) is 10.0. The molecule has 2 heterocycles. The average Bonchev–Trinajstić information content (AvgIpc) is 3.58. The lowest BCUT2D eigenvalue weighted by Gasteiger charge is -2.24. The molecule has 0 aliphatic carbocycles. The Labute approximate surface area is 245 Å². The molecule has 7 rings (SSSR count). The highest BCUT2D eigenvalue weighted by atomic mass is 16.3. The third-order valence-corrected chi connectivity index (χ3v) is 8.16. The maximum atomic E-state index is 9.52. The molecule has 7 aromatic rings. The molecule has 0 saturated carbocycles. The normalized spacial score (nSPS) is 11.7. The van der Waals surface area contributed by atoms with Crippen molar-refractivity contribution in [3.8, 4) is 34.3 Å². The smallest absolute Gasteiger partial charge is 0.145 e. The van der Waals surface area contributed by atoms with E-state index in [1.165, 1.54) is 27.9 Å². The Morgan fingerprint density at radius 1 is 0.667 bits per heavy atom. The van der Waals surface area contributed by atoms with Gasteiger partial charge in [-0.15, -0.1) is 0 Å². The van der Waals surface area contributed by atoms with Gasteiger partial charge in [-0.1, -0.05) is 70.2 Å². The molecule has 0 spiro atoms. The van der Waals surface area contributed by atoms with Crippen LogP contribution in [-0.4, -0.2) is 9.55 Å². The van der Waals surface area contributed by atoms with Crippen LogP contribution in [0.4, 0.5) is 0 Å². The Morgan fingerprint density at radius 3 is 2.00 bits per heavy atom. The minimum atomic E-state index is 0.292. The molecule has 0 bridgehead atoms. The van der Waals surface area contributed by atoms with Gasteiger partial charge in [0.05, 0.1) is 28.4 Å². The van der Waals surface area contributed by atoms with Crippen molar-refractivity contribution in [3.05, 3.63) is 120 Å². The van der Waals surface area contributed by atoms with Crippen LogP contribution in [0.2, 0.25) is 0 Å². The van der Waals surface area contributed by atoms with Crippen LogP contribution < -0.4 is 0 Å². The lowest BCUT2D eigenvalue weighted by molar-refractivity contribution is 0.669. The summed E-state index contributed by atoms with van der Waals surface area (Å²) in [6.07, 6.45) is 0. The van der Waals surface area contributed by atoms with E-state index in [-0.39, 0.29) is 0 Å². The summed E-state index contributed by atoms with van der Waals surface area (Å²) in [5.74, 6) is 1.47. The minimum Gasteiger partial charge on any atom is -0.456 e. The van der Waals surface area contributed by atoms with Crippen molar-refractivity contribution in [2.45, 2.75) is 39.5 Å². The first-order valence-corrected chi connectivity index (χ1v) is 14.5. The van der Waals surface area contributed by atoms with Crippen LogP contribution in [-0.2, 0) is 0 Å². The van der Waals surface area contributed by atoms with Gasteiger partial charge in [0.15, 0.2) is 0 Å². The van der Waals surface area contributed by atoms with Gasteiger partial charge >= 0.3 is 0 Å². The number of hydrogen-bond acceptors (Lipinski definition) is 3. The predicted molar refractivity (Wildman–Crippen MR) is 172 cm³/mol. The zero-order chi connectivity index (χ0) is 29.0. The third kappa shape index (κ3) is 4.17. The number of fused-ring (bicyclic) bond motifs is 4. The molecule has 2 aromatic heterocycles. The van der Waals surface area contributed by atoms with Gasteiger partial charge in [-0.2, -0.15) is 5.26 Å².